The molecule has 132 valence electrons. The van der Waals surface area contributed by atoms with Crippen molar-refractivity contribution in [2.75, 3.05) is 36.5 Å². The number of benzene rings is 2. The summed E-state index contributed by atoms with van der Waals surface area (Å²) >= 11 is 5.30. The zero-order valence-electron chi connectivity index (χ0n) is 13.8. The Morgan fingerprint density at radius 3 is 2.60 bits per heavy atom. The van der Waals surface area contributed by atoms with Gasteiger partial charge in [-0.25, -0.2) is 4.39 Å². The van der Waals surface area contributed by atoms with Gasteiger partial charge in [0, 0.05) is 41.3 Å². The topological polar surface area (TPSA) is 32.3 Å². The van der Waals surface area contributed by atoms with Gasteiger partial charge in [0.25, 0.3) is 5.91 Å². The van der Waals surface area contributed by atoms with Gasteiger partial charge in [0.15, 0.2) is 0 Å². The molecule has 1 aliphatic heterocycles. The van der Waals surface area contributed by atoms with Crippen LogP contribution < -0.4 is 5.32 Å². The van der Waals surface area contributed by atoms with Crippen molar-refractivity contribution >= 4 is 39.3 Å². The molecule has 0 bridgehead atoms. The van der Waals surface area contributed by atoms with Gasteiger partial charge in [-0.3, -0.25) is 4.79 Å². The SMILES string of the molecule is O=C(Nc1ccc(CCN2CCSCC2)cc1)c1cc(F)ccc1Br. The highest BCUT2D eigenvalue weighted by molar-refractivity contribution is 9.10. The molecule has 1 amide bonds. The second-order valence-corrected chi connectivity index (χ2v) is 8.06. The summed E-state index contributed by atoms with van der Waals surface area (Å²) in [5, 5.41) is 2.81. The maximum absolute atomic E-state index is 13.3. The van der Waals surface area contributed by atoms with Gasteiger partial charge in [-0.15, -0.1) is 0 Å². The summed E-state index contributed by atoms with van der Waals surface area (Å²) in [5.41, 5.74) is 2.24. The highest BCUT2D eigenvalue weighted by Crippen LogP contribution is 2.20. The minimum atomic E-state index is -0.431. The first-order chi connectivity index (χ1) is 12.1. The quantitative estimate of drug-likeness (QED) is 0.772. The van der Waals surface area contributed by atoms with Gasteiger partial charge >= 0.3 is 0 Å². The summed E-state index contributed by atoms with van der Waals surface area (Å²) in [6.45, 7) is 3.41. The lowest BCUT2D eigenvalue weighted by Gasteiger charge is -2.26. The van der Waals surface area contributed by atoms with Crippen molar-refractivity contribution in [3.05, 3.63) is 63.9 Å². The van der Waals surface area contributed by atoms with Crippen LogP contribution in [-0.2, 0) is 6.42 Å². The number of rotatable bonds is 5. The Labute approximate surface area is 160 Å². The van der Waals surface area contributed by atoms with Gasteiger partial charge in [-0.1, -0.05) is 12.1 Å². The average molecular weight is 423 g/mol. The molecule has 0 saturated carbocycles. The van der Waals surface area contributed by atoms with Crippen molar-refractivity contribution in [3.63, 3.8) is 0 Å². The Bertz CT molecular complexity index is 733. The molecule has 3 nitrogen and oxygen atoms in total. The van der Waals surface area contributed by atoms with Gasteiger partial charge in [0.05, 0.1) is 5.56 Å². The van der Waals surface area contributed by atoms with E-state index in [0.29, 0.717) is 10.2 Å². The molecule has 1 aliphatic rings. The third kappa shape index (κ3) is 5.30. The zero-order valence-corrected chi connectivity index (χ0v) is 16.2. The third-order valence-electron chi connectivity index (χ3n) is 4.21. The smallest absolute Gasteiger partial charge is 0.256 e. The number of hydrogen-bond donors (Lipinski definition) is 1. The molecule has 1 saturated heterocycles. The molecular formula is C19H20BrFN2OS. The number of carbonyl (C=O) groups is 1. The number of thioether (sulfide) groups is 1. The van der Waals surface area contributed by atoms with E-state index >= 15 is 0 Å². The lowest BCUT2D eigenvalue weighted by molar-refractivity contribution is 0.102. The van der Waals surface area contributed by atoms with Crippen LogP contribution in [-0.4, -0.2) is 41.9 Å². The Kier molecular flexibility index (Phi) is 6.51. The molecule has 0 atom stereocenters. The van der Waals surface area contributed by atoms with Crippen LogP contribution in [0.5, 0.6) is 0 Å². The van der Waals surface area contributed by atoms with E-state index in [-0.39, 0.29) is 11.5 Å². The van der Waals surface area contributed by atoms with E-state index in [4.69, 9.17) is 0 Å². The lowest BCUT2D eigenvalue weighted by Crippen LogP contribution is -2.34. The van der Waals surface area contributed by atoms with E-state index in [9.17, 15) is 9.18 Å². The summed E-state index contributed by atoms with van der Waals surface area (Å²) in [4.78, 5) is 14.8. The molecule has 2 aromatic carbocycles. The standard InChI is InChI=1S/C19H20BrFN2OS/c20-18-6-3-15(21)13-17(18)19(24)22-16-4-1-14(2-5-16)7-8-23-9-11-25-12-10-23/h1-6,13H,7-12H2,(H,22,24). The number of halogens is 2. The number of hydrogen-bond acceptors (Lipinski definition) is 3. The summed E-state index contributed by atoms with van der Waals surface area (Å²) in [7, 11) is 0. The van der Waals surface area contributed by atoms with Crippen molar-refractivity contribution in [1.82, 2.24) is 4.90 Å². The molecule has 6 heteroatoms. The maximum Gasteiger partial charge on any atom is 0.256 e. The fourth-order valence-electron chi connectivity index (χ4n) is 2.74. The summed E-state index contributed by atoms with van der Waals surface area (Å²) in [6, 6.07) is 11.9. The summed E-state index contributed by atoms with van der Waals surface area (Å²) in [6.07, 6.45) is 1.01. The largest absolute Gasteiger partial charge is 0.322 e. The van der Waals surface area contributed by atoms with Gasteiger partial charge in [0.1, 0.15) is 5.82 Å². The van der Waals surface area contributed by atoms with Gasteiger partial charge < -0.3 is 10.2 Å². The minimum absolute atomic E-state index is 0.284. The Morgan fingerprint density at radius 1 is 1.16 bits per heavy atom. The van der Waals surface area contributed by atoms with Gasteiger partial charge in [-0.2, -0.15) is 11.8 Å². The molecule has 2 aromatic rings. The number of nitrogens with one attached hydrogen (secondary N) is 1. The van der Waals surface area contributed by atoms with E-state index in [1.807, 2.05) is 36.0 Å². The predicted molar refractivity (Wildman–Crippen MR) is 106 cm³/mol. The van der Waals surface area contributed by atoms with Gasteiger partial charge in [-0.05, 0) is 58.2 Å². The minimum Gasteiger partial charge on any atom is -0.322 e. The fraction of sp³-hybridized carbons (Fsp3) is 0.316. The third-order valence-corrected chi connectivity index (χ3v) is 5.84. The van der Waals surface area contributed by atoms with E-state index in [2.05, 4.69) is 26.1 Å². The molecule has 25 heavy (non-hydrogen) atoms. The Balaban J connectivity index is 1.56. The van der Waals surface area contributed by atoms with Crippen molar-refractivity contribution in [3.8, 4) is 0 Å². The van der Waals surface area contributed by atoms with Crippen LogP contribution >= 0.6 is 27.7 Å². The van der Waals surface area contributed by atoms with Crippen LogP contribution in [0.3, 0.4) is 0 Å². The van der Waals surface area contributed by atoms with Crippen LogP contribution in [0.2, 0.25) is 0 Å². The molecule has 1 fully saturated rings. The molecule has 0 radical (unpaired) electrons. The fourth-order valence-corrected chi connectivity index (χ4v) is 4.14. The molecule has 1 N–H and O–H groups in total. The Morgan fingerprint density at radius 2 is 1.88 bits per heavy atom. The molecule has 3 rings (SSSR count). The van der Waals surface area contributed by atoms with E-state index in [1.54, 1.807) is 0 Å². The maximum atomic E-state index is 13.3. The monoisotopic (exact) mass is 422 g/mol. The zero-order chi connectivity index (χ0) is 17.6. The molecule has 1 heterocycles. The number of amides is 1. The van der Waals surface area contributed by atoms with E-state index < -0.39 is 5.82 Å². The number of carbonyl (C=O) groups excluding carboxylic acids is 1. The van der Waals surface area contributed by atoms with Crippen LogP contribution in [0, 0.1) is 5.82 Å². The predicted octanol–water partition coefficient (Wildman–Crippen LogP) is 4.43. The first-order valence-corrected chi connectivity index (χ1v) is 10.2. The van der Waals surface area contributed by atoms with Crippen molar-refractivity contribution in [1.29, 1.82) is 0 Å². The van der Waals surface area contributed by atoms with Crippen LogP contribution in [0.1, 0.15) is 15.9 Å². The second kappa shape index (κ2) is 8.83. The number of anilines is 1. The molecular weight excluding hydrogens is 403 g/mol. The van der Waals surface area contributed by atoms with Crippen LogP contribution in [0.25, 0.3) is 0 Å². The normalized spacial score (nSPS) is 15.1. The molecule has 0 aromatic heterocycles. The second-order valence-electron chi connectivity index (χ2n) is 5.98. The van der Waals surface area contributed by atoms with E-state index in [0.717, 1.165) is 13.0 Å². The van der Waals surface area contributed by atoms with Crippen molar-refractivity contribution in [2.45, 2.75) is 6.42 Å². The van der Waals surface area contributed by atoms with Crippen LogP contribution in [0.4, 0.5) is 10.1 Å². The average Bonchev–Trinajstić information content (AvgIpc) is 2.64. The summed E-state index contributed by atoms with van der Waals surface area (Å²) < 4.78 is 13.9. The van der Waals surface area contributed by atoms with Crippen molar-refractivity contribution < 1.29 is 9.18 Å². The van der Waals surface area contributed by atoms with Crippen LogP contribution in [0.15, 0.2) is 46.9 Å². The summed E-state index contributed by atoms with van der Waals surface area (Å²) in [5.74, 6) is 1.69. The molecule has 0 unspecified atom stereocenters. The van der Waals surface area contributed by atoms with E-state index in [1.165, 1.54) is 48.4 Å². The number of nitrogens with zero attached hydrogens (tertiary/aromatic N) is 1. The highest BCUT2D eigenvalue weighted by Gasteiger charge is 2.12. The first-order valence-electron chi connectivity index (χ1n) is 8.27. The molecule has 0 spiro atoms. The first kappa shape index (κ1) is 18.4. The highest BCUT2D eigenvalue weighted by atomic mass is 79.9. The lowest BCUT2D eigenvalue weighted by atomic mass is 10.1. The Hall–Kier alpha value is -1.37. The van der Waals surface area contributed by atoms with Gasteiger partial charge in [0.2, 0.25) is 0 Å². The molecule has 0 aliphatic carbocycles. The van der Waals surface area contributed by atoms with Crippen molar-refractivity contribution in [2.24, 2.45) is 0 Å².